The number of benzene rings is 1. The van der Waals surface area contributed by atoms with Gasteiger partial charge in [-0.1, -0.05) is 15.9 Å². The Labute approximate surface area is 125 Å². The molecule has 1 aliphatic rings. The number of nitrogens with zero attached hydrogens (tertiary/aromatic N) is 1. The SMILES string of the molecule is CCOC(=O)C1CCCN1C(=O)c1cc(F)cc(Br)c1. The van der Waals surface area contributed by atoms with Crippen molar-refractivity contribution in [3.63, 3.8) is 0 Å². The molecule has 1 aliphatic heterocycles. The molecule has 1 aromatic carbocycles. The number of halogens is 2. The van der Waals surface area contributed by atoms with E-state index in [1.807, 2.05) is 0 Å². The van der Waals surface area contributed by atoms with Gasteiger partial charge in [-0.05, 0) is 38.0 Å². The lowest BCUT2D eigenvalue weighted by Crippen LogP contribution is -2.41. The normalized spacial score (nSPS) is 18.1. The summed E-state index contributed by atoms with van der Waals surface area (Å²) in [7, 11) is 0. The predicted octanol–water partition coefficient (Wildman–Crippen LogP) is 2.76. The standard InChI is InChI=1S/C14H15BrFNO3/c1-2-20-14(19)12-4-3-5-17(12)13(18)9-6-10(15)8-11(16)7-9/h6-8,12H,2-5H2,1H3. The van der Waals surface area contributed by atoms with Crippen molar-refractivity contribution in [2.24, 2.45) is 0 Å². The number of esters is 1. The first-order valence-corrected chi connectivity index (χ1v) is 7.26. The second-order valence-corrected chi connectivity index (χ2v) is 5.48. The third-order valence-electron chi connectivity index (χ3n) is 3.18. The zero-order chi connectivity index (χ0) is 14.7. The van der Waals surface area contributed by atoms with E-state index >= 15 is 0 Å². The number of carbonyl (C=O) groups is 2. The fraction of sp³-hybridized carbons (Fsp3) is 0.429. The number of carbonyl (C=O) groups excluding carboxylic acids is 2. The van der Waals surface area contributed by atoms with E-state index in [2.05, 4.69) is 15.9 Å². The van der Waals surface area contributed by atoms with Crippen molar-refractivity contribution in [1.29, 1.82) is 0 Å². The molecule has 4 nitrogen and oxygen atoms in total. The topological polar surface area (TPSA) is 46.6 Å². The molecule has 1 aromatic rings. The van der Waals surface area contributed by atoms with Crippen molar-refractivity contribution < 1.29 is 18.7 Å². The van der Waals surface area contributed by atoms with Crippen molar-refractivity contribution in [2.75, 3.05) is 13.2 Å². The van der Waals surface area contributed by atoms with Crippen LogP contribution in [-0.2, 0) is 9.53 Å². The zero-order valence-electron chi connectivity index (χ0n) is 11.1. The van der Waals surface area contributed by atoms with Gasteiger partial charge in [-0.15, -0.1) is 0 Å². The van der Waals surface area contributed by atoms with Gasteiger partial charge in [0.2, 0.25) is 0 Å². The summed E-state index contributed by atoms with van der Waals surface area (Å²) in [5.74, 6) is -1.23. The van der Waals surface area contributed by atoms with E-state index in [9.17, 15) is 14.0 Å². The molecular formula is C14H15BrFNO3. The minimum Gasteiger partial charge on any atom is -0.464 e. The zero-order valence-corrected chi connectivity index (χ0v) is 12.7. The number of hydrogen-bond acceptors (Lipinski definition) is 3. The number of ether oxygens (including phenoxy) is 1. The minimum absolute atomic E-state index is 0.230. The Morgan fingerprint density at radius 1 is 1.45 bits per heavy atom. The Morgan fingerprint density at radius 2 is 2.20 bits per heavy atom. The van der Waals surface area contributed by atoms with Crippen LogP contribution in [0.25, 0.3) is 0 Å². The predicted molar refractivity (Wildman–Crippen MR) is 74.8 cm³/mol. The van der Waals surface area contributed by atoms with Gasteiger partial charge in [0.05, 0.1) is 6.61 Å². The van der Waals surface area contributed by atoms with Gasteiger partial charge in [0.1, 0.15) is 11.9 Å². The molecule has 0 bridgehead atoms. The first-order valence-electron chi connectivity index (χ1n) is 6.46. The average molecular weight is 344 g/mol. The maximum Gasteiger partial charge on any atom is 0.328 e. The highest BCUT2D eigenvalue weighted by molar-refractivity contribution is 9.10. The highest BCUT2D eigenvalue weighted by atomic mass is 79.9. The fourth-order valence-corrected chi connectivity index (χ4v) is 2.80. The van der Waals surface area contributed by atoms with Gasteiger partial charge < -0.3 is 9.64 Å². The van der Waals surface area contributed by atoms with Gasteiger partial charge in [-0.2, -0.15) is 0 Å². The Morgan fingerprint density at radius 3 is 2.85 bits per heavy atom. The third kappa shape index (κ3) is 3.17. The van der Waals surface area contributed by atoms with Crippen molar-refractivity contribution in [2.45, 2.75) is 25.8 Å². The summed E-state index contributed by atoms with van der Waals surface area (Å²) in [6.07, 6.45) is 1.33. The number of rotatable bonds is 3. The van der Waals surface area contributed by atoms with Crippen LogP contribution in [0.2, 0.25) is 0 Å². The van der Waals surface area contributed by atoms with E-state index in [1.54, 1.807) is 13.0 Å². The molecule has 1 fully saturated rings. The van der Waals surface area contributed by atoms with E-state index in [1.165, 1.54) is 17.0 Å². The van der Waals surface area contributed by atoms with Crippen molar-refractivity contribution in [3.8, 4) is 0 Å². The lowest BCUT2D eigenvalue weighted by atomic mass is 10.1. The summed E-state index contributed by atoms with van der Waals surface area (Å²) < 4.78 is 18.8. The van der Waals surface area contributed by atoms with E-state index < -0.39 is 17.8 Å². The van der Waals surface area contributed by atoms with Crippen LogP contribution >= 0.6 is 15.9 Å². The molecule has 2 rings (SSSR count). The van der Waals surface area contributed by atoms with Crippen LogP contribution < -0.4 is 0 Å². The van der Waals surface area contributed by atoms with Gasteiger partial charge in [-0.25, -0.2) is 9.18 Å². The molecule has 1 heterocycles. The second kappa shape index (κ2) is 6.35. The van der Waals surface area contributed by atoms with E-state index in [0.29, 0.717) is 17.4 Å². The highest BCUT2D eigenvalue weighted by Gasteiger charge is 2.35. The van der Waals surface area contributed by atoms with Crippen LogP contribution in [0.3, 0.4) is 0 Å². The van der Waals surface area contributed by atoms with Crippen LogP contribution in [0.1, 0.15) is 30.1 Å². The summed E-state index contributed by atoms with van der Waals surface area (Å²) in [6, 6.07) is 3.44. The number of amides is 1. The summed E-state index contributed by atoms with van der Waals surface area (Å²) in [5, 5.41) is 0. The smallest absolute Gasteiger partial charge is 0.328 e. The van der Waals surface area contributed by atoms with Crippen LogP contribution in [0.4, 0.5) is 4.39 Å². The molecule has 0 N–H and O–H groups in total. The first-order chi connectivity index (χ1) is 9.52. The van der Waals surface area contributed by atoms with Crippen LogP contribution in [0, 0.1) is 5.82 Å². The molecule has 0 aromatic heterocycles. The van der Waals surface area contributed by atoms with Crippen LogP contribution in [0.15, 0.2) is 22.7 Å². The van der Waals surface area contributed by atoms with Crippen molar-refractivity contribution >= 4 is 27.8 Å². The lowest BCUT2D eigenvalue weighted by Gasteiger charge is -2.23. The molecule has 0 spiro atoms. The van der Waals surface area contributed by atoms with Crippen molar-refractivity contribution in [1.82, 2.24) is 4.90 Å². The Balaban J connectivity index is 2.21. The third-order valence-corrected chi connectivity index (χ3v) is 3.64. The van der Waals surface area contributed by atoms with Crippen molar-refractivity contribution in [3.05, 3.63) is 34.1 Å². The van der Waals surface area contributed by atoms with E-state index in [4.69, 9.17) is 4.74 Å². The number of hydrogen-bond donors (Lipinski definition) is 0. The molecular weight excluding hydrogens is 329 g/mol. The number of likely N-dealkylation sites (tertiary alicyclic amines) is 1. The molecule has 0 saturated carbocycles. The second-order valence-electron chi connectivity index (χ2n) is 4.57. The van der Waals surface area contributed by atoms with Gasteiger partial charge in [0.25, 0.3) is 5.91 Å². The molecule has 20 heavy (non-hydrogen) atoms. The quantitative estimate of drug-likeness (QED) is 0.793. The molecule has 1 amide bonds. The maximum atomic E-state index is 13.4. The maximum absolute atomic E-state index is 13.4. The van der Waals surface area contributed by atoms with E-state index in [-0.39, 0.29) is 18.1 Å². The fourth-order valence-electron chi connectivity index (χ4n) is 2.34. The van der Waals surface area contributed by atoms with Gasteiger partial charge in [0.15, 0.2) is 0 Å². The summed E-state index contributed by atoms with van der Waals surface area (Å²) in [5.41, 5.74) is 0.230. The van der Waals surface area contributed by atoms with E-state index in [0.717, 1.165) is 6.42 Å². The summed E-state index contributed by atoms with van der Waals surface area (Å²) >= 11 is 3.16. The molecule has 1 atom stereocenters. The average Bonchev–Trinajstić information content (AvgIpc) is 2.86. The Bertz CT molecular complexity index is 515. The first kappa shape index (κ1) is 15.0. The molecule has 108 valence electrons. The largest absolute Gasteiger partial charge is 0.464 e. The Hall–Kier alpha value is -1.43. The summed E-state index contributed by atoms with van der Waals surface area (Å²) in [4.78, 5) is 25.7. The van der Waals surface area contributed by atoms with Crippen LogP contribution in [0.5, 0.6) is 0 Å². The van der Waals surface area contributed by atoms with Gasteiger partial charge in [-0.3, -0.25) is 4.79 Å². The molecule has 1 saturated heterocycles. The Kier molecular flexibility index (Phi) is 4.75. The molecule has 1 unspecified atom stereocenters. The molecule has 0 aliphatic carbocycles. The molecule has 0 radical (unpaired) electrons. The lowest BCUT2D eigenvalue weighted by molar-refractivity contribution is -0.147. The highest BCUT2D eigenvalue weighted by Crippen LogP contribution is 2.23. The van der Waals surface area contributed by atoms with Gasteiger partial charge >= 0.3 is 5.97 Å². The molecule has 6 heteroatoms. The monoisotopic (exact) mass is 343 g/mol. The summed E-state index contributed by atoms with van der Waals surface area (Å²) in [6.45, 7) is 2.49. The van der Waals surface area contributed by atoms with Crippen LogP contribution in [-0.4, -0.2) is 36.0 Å². The van der Waals surface area contributed by atoms with Gasteiger partial charge in [0, 0.05) is 16.6 Å². The minimum atomic E-state index is -0.565.